The second kappa shape index (κ2) is 4.59. The van der Waals surface area contributed by atoms with Crippen LogP contribution in [-0.2, 0) is 4.79 Å². The van der Waals surface area contributed by atoms with Crippen molar-refractivity contribution in [3.63, 3.8) is 0 Å². The van der Waals surface area contributed by atoms with Gasteiger partial charge in [0.05, 0.1) is 22.6 Å². The van der Waals surface area contributed by atoms with Crippen LogP contribution in [0.2, 0.25) is 0 Å². The third kappa shape index (κ3) is 2.01. The molecule has 1 atom stereocenters. The monoisotopic (exact) mass is 275 g/mol. The minimum atomic E-state index is -0.858. The van der Waals surface area contributed by atoms with Gasteiger partial charge in [0.25, 0.3) is 11.6 Å². The highest BCUT2D eigenvalue weighted by molar-refractivity contribution is 5.97. The molecule has 0 aliphatic carbocycles. The molecule has 104 valence electrons. The third-order valence-corrected chi connectivity index (χ3v) is 3.58. The standard InChI is InChI=1S/C13H13N3O4/c1-7-10-4-9(5-14-11(10)20-15-7)12(17)16-3-2-8(6-16)13(18)19/h4-5,8H,2-3,6H2,1H3,(H,18,19). The van der Waals surface area contributed by atoms with E-state index in [4.69, 9.17) is 9.63 Å². The van der Waals surface area contributed by atoms with Gasteiger partial charge in [0.15, 0.2) is 0 Å². The molecule has 7 nitrogen and oxygen atoms in total. The Balaban J connectivity index is 1.85. The van der Waals surface area contributed by atoms with E-state index in [2.05, 4.69) is 10.1 Å². The molecule has 2 aromatic rings. The summed E-state index contributed by atoms with van der Waals surface area (Å²) in [5, 5.41) is 13.5. The molecular formula is C13H13N3O4. The summed E-state index contributed by atoms with van der Waals surface area (Å²) in [4.78, 5) is 28.9. The first-order valence-electron chi connectivity index (χ1n) is 6.30. The van der Waals surface area contributed by atoms with Crippen molar-refractivity contribution in [1.82, 2.24) is 15.0 Å². The number of rotatable bonds is 2. The van der Waals surface area contributed by atoms with Crippen LogP contribution in [0.25, 0.3) is 11.1 Å². The summed E-state index contributed by atoms with van der Waals surface area (Å²) in [7, 11) is 0. The Morgan fingerprint density at radius 3 is 3.00 bits per heavy atom. The van der Waals surface area contributed by atoms with Gasteiger partial charge in [-0.05, 0) is 19.4 Å². The SMILES string of the molecule is Cc1noc2ncc(C(=O)N3CCC(C(=O)O)C3)cc12. The topological polar surface area (TPSA) is 96.5 Å². The average Bonchev–Trinajstić information content (AvgIpc) is 3.05. The Hall–Kier alpha value is -2.44. The number of nitrogens with zero attached hydrogens (tertiary/aromatic N) is 3. The molecule has 1 N–H and O–H groups in total. The van der Waals surface area contributed by atoms with Crippen LogP contribution in [0.5, 0.6) is 0 Å². The van der Waals surface area contributed by atoms with Crippen LogP contribution in [0.1, 0.15) is 22.5 Å². The summed E-state index contributed by atoms with van der Waals surface area (Å²) in [6, 6.07) is 1.69. The second-order valence-electron chi connectivity index (χ2n) is 4.92. The van der Waals surface area contributed by atoms with Gasteiger partial charge in [-0.15, -0.1) is 0 Å². The first kappa shape index (κ1) is 12.6. The normalized spacial score (nSPS) is 18.6. The van der Waals surface area contributed by atoms with Crippen molar-refractivity contribution in [3.05, 3.63) is 23.5 Å². The number of aliphatic carboxylic acids is 1. The first-order chi connectivity index (χ1) is 9.56. The molecule has 1 aliphatic rings. The molecule has 7 heteroatoms. The predicted molar refractivity (Wildman–Crippen MR) is 68.2 cm³/mol. The highest BCUT2D eigenvalue weighted by Gasteiger charge is 2.31. The fourth-order valence-electron chi connectivity index (χ4n) is 2.39. The van der Waals surface area contributed by atoms with Crippen LogP contribution < -0.4 is 0 Å². The van der Waals surface area contributed by atoms with Gasteiger partial charge in [-0.2, -0.15) is 0 Å². The van der Waals surface area contributed by atoms with Gasteiger partial charge < -0.3 is 14.5 Å². The van der Waals surface area contributed by atoms with Gasteiger partial charge in [-0.3, -0.25) is 9.59 Å². The quantitative estimate of drug-likeness (QED) is 0.880. The molecule has 3 heterocycles. The van der Waals surface area contributed by atoms with Crippen molar-refractivity contribution in [3.8, 4) is 0 Å². The fourth-order valence-corrected chi connectivity index (χ4v) is 2.39. The van der Waals surface area contributed by atoms with E-state index in [1.54, 1.807) is 17.9 Å². The first-order valence-corrected chi connectivity index (χ1v) is 6.30. The molecule has 0 aromatic carbocycles. The maximum absolute atomic E-state index is 12.3. The zero-order valence-electron chi connectivity index (χ0n) is 10.9. The molecule has 0 bridgehead atoms. The number of carboxylic acid groups (broad SMARTS) is 1. The minimum Gasteiger partial charge on any atom is -0.481 e. The molecule has 1 saturated heterocycles. The van der Waals surface area contributed by atoms with E-state index in [1.165, 1.54) is 6.20 Å². The highest BCUT2D eigenvalue weighted by atomic mass is 16.5. The zero-order chi connectivity index (χ0) is 14.3. The number of aromatic nitrogens is 2. The number of hydrogen-bond acceptors (Lipinski definition) is 5. The number of aryl methyl sites for hydroxylation is 1. The van der Waals surface area contributed by atoms with Gasteiger partial charge >= 0.3 is 5.97 Å². The van der Waals surface area contributed by atoms with Gasteiger partial charge in [-0.25, -0.2) is 4.98 Å². The minimum absolute atomic E-state index is 0.205. The van der Waals surface area contributed by atoms with Crippen molar-refractivity contribution in [2.45, 2.75) is 13.3 Å². The lowest BCUT2D eigenvalue weighted by Crippen LogP contribution is -2.30. The van der Waals surface area contributed by atoms with Crippen molar-refractivity contribution >= 4 is 23.0 Å². The van der Waals surface area contributed by atoms with E-state index in [0.29, 0.717) is 35.3 Å². The van der Waals surface area contributed by atoms with E-state index in [1.807, 2.05) is 0 Å². The van der Waals surface area contributed by atoms with Gasteiger partial charge in [0, 0.05) is 19.3 Å². The van der Waals surface area contributed by atoms with Crippen LogP contribution in [0, 0.1) is 12.8 Å². The van der Waals surface area contributed by atoms with E-state index in [0.717, 1.165) is 0 Å². The van der Waals surface area contributed by atoms with Crippen molar-refractivity contribution in [1.29, 1.82) is 0 Å². The smallest absolute Gasteiger partial charge is 0.308 e. The van der Waals surface area contributed by atoms with Crippen LogP contribution in [0.4, 0.5) is 0 Å². The Bertz CT molecular complexity index is 694. The maximum atomic E-state index is 12.3. The Kier molecular flexibility index (Phi) is 2.89. The molecule has 1 unspecified atom stereocenters. The second-order valence-corrected chi connectivity index (χ2v) is 4.92. The van der Waals surface area contributed by atoms with Crippen molar-refractivity contribution in [2.75, 3.05) is 13.1 Å². The summed E-state index contributed by atoms with van der Waals surface area (Å²) in [5.41, 5.74) is 1.49. The van der Waals surface area contributed by atoms with E-state index in [-0.39, 0.29) is 12.5 Å². The molecule has 20 heavy (non-hydrogen) atoms. The van der Waals surface area contributed by atoms with Gasteiger partial charge in [-0.1, -0.05) is 5.16 Å². The molecule has 0 radical (unpaired) electrons. The zero-order valence-corrected chi connectivity index (χ0v) is 10.9. The molecule has 1 amide bonds. The van der Waals surface area contributed by atoms with Crippen LogP contribution >= 0.6 is 0 Å². The fraction of sp³-hybridized carbons (Fsp3) is 0.385. The summed E-state index contributed by atoms with van der Waals surface area (Å²) >= 11 is 0. The summed E-state index contributed by atoms with van der Waals surface area (Å²) in [6.45, 7) is 2.48. The van der Waals surface area contributed by atoms with Crippen molar-refractivity contribution < 1.29 is 19.2 Å². The van der Waals surface area contributed by atoms with Crippen LogP contribution in [0.3, 0.4) is 0 Å². The molecular weight excluding hydrogens is 262 g/mol. The van der Waals surface area contributed by atoms with E-state index < -0.39 is 11.9 Å². The Morgan fingerprint density at radius 2 is 2.30 bits per heavy atom. The number of carbonyl (C=O) groups excluding carboxylic acids is 1. The molecule has 1 aliphatic heterocycles. The lowest BCUT2D eigenvalue weighted by Gasteiger charge is -2.15. The van der Waals surface area contributed by atoms with Gasteiger partial charge in [0.2, 0.25) is 0 Å². The molecule has 3 rings (SSSR count). The summed E-state index contributed by atoms with van der Waals surface area (Å²) in [6.07, 6.45) is 1.92. The highest BCUT2D eigenvalue weighted by Crippen LogP contribution is 2.21. The number of carboxylic acids is 1. The lowest BCUT2D eigenvalue weighted by molar-refractivity contribution is -0.141. The van der Waals surface area contributed by atoms with E-state index >= 15 is 0 Å². The van der Waals surface area contributed by atoms with Crippen molar-refractivity contribution in [2.24, 2.45) is 5.92 Å². The summed E-state index contributed by atoms with van der Waals surface area (Å²) in [5.74, 6) is -1.54. The Morgan fingerprint density at radius 1 is 1.50 bits per heavy atom. The lowest BCUT2D eigenvalue weighted by atomic mass is 10.1. The maximum Gasteiger partial charge on any atom is 0.308 e. The summed E-state index contributed by atoms with van der Waals surface area (Å²) < 4.78 is 4.99. The number of carbonyl (C=O) groups is 2. The number of pyridine rings is 1. The molecule has 0 saturated carbocycles. The Labute approximate surface area is 114 Å². The average molecular weight is 275 g/mol. The predicted octanol–water partition coefficient (Wildman–Crippen LogP) is 1.08. The molecule has 2 aromatic heterocycles. The number of amides is 1. The molecule has 1 fully saturated rings. The molecule has 0 spiro atoms. The van der Waals surface area contributed by atoms with Crippen LogP contribution in [-0.4, -0.2) is 45.1 Å². The third-order valence-electron chi connectivity index (χ3n) is 3.58. The van der Waals surface area contributed by atoms with Crippen LogP contribution in [0.15, 0.2) is 16.8 Å². The van der Waals surface area contributed by atoms with E-state index in [9.17, 15) is 9.59 Å². The number of hydrogen-bond donors (Lipinski definition) is 1. The van der Waals surface area contributed by atoms with Gasteiger partial charge in [0.1, 0.15) is 0 Å². The number of likely N-dealkylation sites (tertiary alicyclic amines) is 1. The number of fused-ring (bicyclic) bond motifs is 1. The largest absolute Gasteiger partial charge is 0.481 e.